The fourth-order valence-corrected chi connectivity index (χ4v) is 2.27. The van der Waals surface area contributed by atoms with E-state index in [4.69, 9.17) is 0 Å². The Bertz CT molecular complexity index is 326. The summed E-state index contributed by atoms with van der Waals surface area (Å²) in [5.41, 5.74) is 1.67. The molecule has 0 bridgehead atoms. The van der Waals surface area contributed by atoms with Crippen molar-refractivity contribution < 1.29 is 0 Å². The molecule has 1 fully saturated rings. The molecule has 0 amide bonds. The molecule has 1 aliphatic rings. The minimum atomic E-state index is 0.273. The Labute approximate surface area is 98.7 Å². The Hall–Kier alpha value is -0.860. The average molecular weight is 218 g/mol. The molecule has 2 heteroatoms. The zero-order valence-electron chi connectivity index (χ0n) is 10.5. The van der Waals surface area contributed by atoms with Gasteiger partial charge in [0.1, 0.15) is 0 Å². The van der Waals surface area contributed by atoms with Crippen LogP contribution in [0.4, 0.5) is 0 Å². The van der Waals surface area contributed by atoms with Crippen LogP contribution < -0.4 is 5.32 Å². The molecule has 1 saturated heterocycles. The van der Waals surface area contributed by atoms with Gasteiger partial charge in [-0.2, -0.15) is 0 Å². The second-order valence-corrected chi connectivity index (χ2v) is 5.53. The van der Waals surface area contributed by atoms with Gasteiger partial charge in [-0.05, 0) is 26.3 Å². The summed E-state index contributed by atoms with van der Waals surface area (Å²) >= 11 is 0. The van der Waals surface area contributed by atoms with Gasteiger partial charge in [-0.15, -0.1) is 0 Å². The predicted molar refractivity (Wildman–Crippen MR) is 68.5 cm³/mol. The molecular weight excluding hydrogens is 196 g/mol. The van der Waals surface area contributed by atoms with Crippen molar-refractivity contribution >= 4 is 0 Å². The van der Waals surface area contributed by atoms with Gasteiger partial charge in [0.15, 0.2) is 0 Å². The number of nitrogens with zero attached hydrogens (tertiary/aromatic N) is 1. The third-order valence-corrected chi connectivity index (χ3v) is 3.33. The standard InChI is InChI=1S/C14H22N2/c1-14(2,3)16-10-9-15-13(11-16)12-7-5-4-6-8-12/h4-8,13,15H,9-11H2,1-3H3. The molecule has 0 aliphatic carbocycles. The molecule has 16 heavy (non-hydrogen) atoms. The lowest BCUT2D eigenvalue weighted by Gasteiger charge is -2.42. The summed E-state index contributed by atoms with van der Waals surface area (Å²) in [6.07, 6.45) is 0. The molecule has 2 rings (SSSR count). The van der Waals surface area contributed by atoms with Gasteiger partial charge >= 0.3 is 0 Å². The topological polar surface area (TPSA) is 15.3 Å². The number of rotatable bonds is 1. The zero-order valence-corrected chi connectivity index (χ0v) is 10.5. The summed E-state index contributed by atoms with van der Waals surface area (Å²) < 4.78 is 0. The molecule has 1 heterocycles. The van der Waals surface area contributed by atoms with Crippen LogP contribution in [0.5, 0.6) is 0 Å². The minimum Gasteiger partial charge on any atom is -0.308 e. The van der Waals surface area contributed by atoms with Crippen molar-refractivity contribution in [1.82, 2.24) is 10.2 Å². The van der Waals surface area contributed by atoms with Gasteiger partial charge in [0.05, 0.1) is 0 Å². The molecular formula is C14H22N2. The first-order valence-corrected chi connectivity index (χ1v) is 6.11. The monoisotopic (exact) mass is 218 g/mol. The Morgan fingerprint density at radius 1 is 1.19 bits per heavy atom. The van der Waals surface area contributed by atoms with Crippen LogP contribution in [0, 0.1) is 0 Å². The lowest BCUT2D eigenvalue weighted by atomic mass is 9.99. The Kier molecular flexibility index (Phi) is 3.31. The van der Waals surface area contributed by atoms with Crippen molar-refractivity contribution in [3.05, 3.63) is 35.9 Å². The largest absolute Gasteiger partial charge is 0.308 e. The van der Waals surface area contributed by atoms with Crippen LogP contribution in [-0.4, -0.2) is 30.1 Å². The normalized spacial score (nSPS) is 23.3. The summed E-state index contributed by atoms with van der Waals surface area (Å²) in [6.45, 7) is 10.2. The van der Waals surface area contributed by atoms with Crippen LogP contribution in [0.25, 0.3) is 0 Å². The highest BCUT2D eigenvalue weighted by atomic mass is 15.2. The highest BCUT2D eigenvalue weighted by Gasteiger charge is 2.27. The van der Waals surface area contributed by atoms with E-state index in [2.05, 4.69) is 61.3 Å². The molecule has 1 unspecified atom stereocenters. The number of piperazine rings is 1. The van der Waals surface area contributed by atoms with Crippen LogP contribution in [0.2, 0.25) is 0 Å². The first kappa shape index (κ1) is 11.6. The van der Waals surface area contributed by atoms with Gasteiger partial charge in [-0.3, -0.25) is 4.90 Å². The van der Waals surface area contributed by atoms with E-state index in [0.29, 0.717) is 6.04 Å². The zero-order chi connectivity index (χ0) is 11.6. The fourth-order valence-electron chi connectivity index (χ4n) is 2.27. The highest BCUT2D eigenvalue weighted by Crippen LogP contribution is 2.22. The molecule has 0 spiro atoms. The molecule has 88 valence electrons. The Balaban J connectivity index is 2.08. The second kappa shape index (κ2) is 4.56. The minimum absolute atomic E-state index is 0.273. The Morgan fingerprint density at radius 3 is 2.50 bits per heavy atom. The van der Waals surface area contributed by atoms with Crippen molar-refractivity contribution in [2.45, 2.75) is 32.4 Å². The second-order valence-electron chi connectivity index (χ2n) is 5.53. The number of nitrogens with one attached hydrogen (secondary N) is 1. The van der Waals surface area contributed by atoms with Gasteiger partial charge in [-0.1, -0.05) is 30.3 Å². The van der Waals surface area contributed by atoms with E-state index in [1.807, 2.05) is 0 Å². The summed E-state index contributed by atoms with van der Waals surface area (Å²) in [7, 11) is 0. The van der Waals surface area contributed by atoms with Crippen LogP contribution in [0.3, 0.4) is 0 Å². The molecule has 1 aromatic carbocycles. The first-order valence-electron chi connectivity index (χ1n) is 6.11. The van der Waals surface area contributed by atoms with Crippen molar-refractivity contribution in [3.63, 3.8) is 0 Å². The van der Waals surface area contributed by atoms with Crippen LogP contribution >= 0.6 is 0 Å². The molecule has 0 radical (unpaired) electrons. The quantitative estimate of drug-likeness (QED) is 0.779. The third kappa shape index (κ3) is 2.63. The van der Waals surface area contributed by atoms with E-state index in [0.717, 1.165) is 19.6 Å². The fraction of sp³-hybridized carbons (Fsp3) is 0.571. The van der Waals surface area contributed by atoms with Gasteiger partial charge in [0, 0.05) is 31.2 Å². The highest BCUT2D eigenvalue weighted by molar-refractivity contribution is 5.20. The SMILES string of the molecule is CC(C)(C)N1CCNC(c2ccccc2)C1. The van der Waals surface area contributed by atoms with E-state index in [9.17, 15) is 0 Å². The first-order chi connectivity index (χ1) is 7.57. The molecule has 0 aromatic heterocycles. The van der Waals surface area contributed by atoms with Crippen molar-refractivity contribution in [1.29, 1.82) is 0 Å². The Morgan fingerprint density at radius 2 is 1.88 bits per heavy atom. The summed E-state index contributed by atoms with van der Waals surface area (Å²) in [6, 6.07) is 11.2. The molecule has 2 nitrogen and oxygen atoms in total. The van der Waals surface area contributed by atoms with Gasteiger partial charge < -0.3 is 5.32 Å². The van der Waals surface area contributed by atoms with Crippen molar-refractivity contribution in [2.24, 2.45) is 0 Å². The average Bonchev–Trinajstić information content (AvgIpc) is 2.29. The van der Waals surface area contributed by atoms with Crippen LogP contribution in [0.15, 0.2) is 30.3 Å². The van der Waals surface area contributed by atoms with Gasteiger partial charge in [0.2, 0.25) is 0 Å². The molecule has 1 aromatic rings. The molecule has 1 aliphatic heterocycles. The summed E-state index contributed by atoms with van der Waals surface area (Å²) in [4.78, 5) is 2.56. The van der Waals surface area contributed by atoms with E-state index in [1.165, 1.54) is 5.56 Å². The van der Waals surface area contributed by atoms with Crippen molar-refractivity contribution in [3.8, 4) is 0 Å². The maximum absolute atomic E-state index is 3.60. The smallest absolute Gasteiger partial charge is 0.0449 e. The maximum Gasteiger partial charge on any atom is 0.0449 e. The van der Waals surface area contributed by atoms with Crippen molar-refractivity contribution in [2.75, 3.05) is 19.6 Å². The number of benzene rings is 1. The molecule has 1 N–H and O–H groups in total. The summed E-state index contributed by atoms with van der Waals surface area (Å²) in [5, 5.41) is 3.60. The van der Waals surface area contributed by atoms with E-state index in [-0.39, 0.29) is 5.54 Å². The predicted octanol–water partition coefficient (Wildman–Crippen LogP) is 2.43. The van der Waals surface area contributed by atoms with Gasteiger partial charge in [0.25, 0.3) is 0 Å². The van der Waals surface area contributed by atoms with Crippen LogP contribution in [-0.2, 0) is 0 Å². The van der Waals surface area contributed by atoms with E-state index in [1.54, 1.807) is 0 Å². The lowest BCUT2D eigenvalue weighted by molar-refractivity contribution is 0.0958. The van der Waals surface area contributed by atoms with E-state index < -0.39 is 0 Å². The number of hydrogen-bond acceptors (Lipinski definition) is 2. The third-order valence-electron chi connectivity index (χ3n) is 3.33. The molecule has 0 saturated carbocycles. The molecule has 1 atom stereocenters. The van der Waals surface area contributed by atoms with Gasteiger partial charge in [-0.25, -0.2) is 0 Å². The van der Waals surface area contributed by atoms with E-state index >= 15 is 0 Å². The maximum atomic E-state index is 3.60. The number of hydrogen-bond donors (Lipinski definition) is 1. The van der Waals surface area contributed by atoms with Crippen LogP contribution in [0.1, 0.15) is 32.4 Å². The summed E-state index contributed by atoms with van der Waals surface area (Å²) in [5.74, 6) is 0. The lowest BCUT2D eigenvalue weighted by Crippen LogP contribution is -2.53.